The normalized spacial score (nSPS) is 23.8. The molecule has 0 aromatic heterocycles. The van der Waals surface area contributed by atoms with Crippen LogP contribution in [0.15, 0.2) is 0 Å². The molecule has 0 amide bonds. The van der Waals surface area contributed by atoms with Gasteiger partial charge in [-0.2, -0.15) is 0 Å². The largest absolute Gasteiger partial charge is 0.465 e. The van der Waals surface area contributed by atoms with Crippen molar-refractivity contribution in [3.8, 4) is 0 Å². The second kappa shape index (κ2) is 8.71. The van der Waals surface area contributed by atoms with Crippen molar-refractivity contribution in [2.75, 3.05) is 39.3 Å². The van der Waals surface area contributed by atoms with Crippen molar-refractivity contribution in [3.63, 3.8) is 0 Å². The summed E-state index contributed by atoms with van der Waals surface area (Å²) in [6.45, 7) is 14.2. The van der Waals surface area contributed by atoms with Gasteiger partial charge in [-0.25, -0.2) is 0 Å². The van der Waals surface area contributed by atoms with Gasteiger partial charge in [-0.05, 0) is 53.1 Å². The maximum atomic E-state index is 11.7. The molecule has 124 valence electrons. The molecule has 1 heterocycles. The number of piperazine rings is 1. The number of nitrogens with zero attached hydrogens (tertiary/aromatic N) is 2. The van der Waals surface area contributed by atoms with Gasteiger partial charge < -0.3 is 15.4 Å². The van der Waals surface area contributed by atoms with Crippen molar-refractivity contribution in [2.45, 2.75) is 58.5 Å². The van der Waals surface area contributed by atoms with E-state index < -0.39 is 5.54 Å². The zero-order valence-electron chi connectivity index (χ0n) is 14.2. The Morgan fingerprint density at radius 2 is 2.05 bits per heavy atom. The molecular weight excluding hydrogens is 266 g/mol. The number of carbonyl (C=O) groups is 1. The number of carbonyl (C=O) groups excluding carboxylic acids is 1. The molecule has 0 aromatic rings. The third kappa shape index (κ3) is 5.93. The summed E-state index contributed by atoms with van der Waals surface area (Å²) in [5.74, 6) is -0.282. The Morgan fingerprint density at radius 3 is 2.62 bits per heavy atom. The molecule has 21 heavy (non-hydrogen) atoms. The second-order valence-corrected chi connectivity index (χ2v) is 6.37. The Hall–Kier alpha value is -0.650. The third-order valence-corrected chi connectivity index (χ3v) is 4.42. The van der Waals surface area contributed by atoms with Gasteiger partial charge in [0, 0.05) is 25.7 Å². The van der Waals surface area contributed by atoms with Crippen LogP contribution in [0, 0.1) is 0 Å². The molecule has 2 N–H and O–H groups in total. The number of esters is 1. The quantitative estimate of drug-likeness (QED) is 0.543. The summed E-state index contributed by atoms with van der Waals surface area (Å²) in [5.41, 5.74) is 5.19. The van der Waals surface area contributed by atoms with Crippen LogP contribution >= 0.6 is 0 Å². The van der Waals surface area contributed by atoms with Crippen molar-refractivity contribution in [2.24, 2.45) is 5.73 Å². The minimum Gasteiger partial charge on any atom is -0.465 e. The van der Waals surface area contributed by atoms with Crippen molar-refractivity contribution >= 4 is 5.97 Å². The highest BCUT2D eigenvalue weighted by Gasteiger charge is 2.29. The maximum Gasteiger partial charge on any atom is 0.325 e. The molecule has 1 fully saturated rings. The van der Waals surface area contributed by atoms with Crippen molar-refractivity contribution < 1.29 is 9.53 Å². The van der Waals surface area contributed by atoms with E-state index in [0.29, 0.717) is 19.1 Å². The Morgan fingerprint density at radius 1 is 1.33 bits per heavy atom. The van der Waals surface area contributed by atoms with Crippen molar-refractivity contribution in [3.05, 3.63) is 0 Å². The van der Waals surface area contributed by atoms with Crippen LogP contribution in [0.3, 0.4) is 0 Å². The second-order valence-electron chi connectivity index (χ2n) is 6.37. The van der Waals surface area contributed by atoms with Crippen LogP contribution in [0.2, 0.25) is 0 Å². The zero-order chi connectivity index (χ0) is 15.9. The Kier molecular flexibility index (Phi) is 7.63. The molecule has 5 heteroatoms. The zero-order valence-corrected chi connectivity index (χ0v) is 14.2. The van der Waals surface area contributed by atoms with E-state index >= 15 is 0 Å². The SMILES string of the molecule is CCOC(=O)C(C)(N)CCCCN1CCN(CC)C(C)C1. The number of ether oxygens (including phenoxy) is 1. The fourth-order valence-corrected chi connectivity index (χ4v) is 2.97. The fourth-order valence-electron chi connectivity index (χ4n) is 2.97. The van der Waals surface area contributed by atoms with E-state index in [1.807, 2.05) is 6.92 Å². The van der Waals surface area contributed by atoms with Gasteiger partial charge in [-0.1, -0.05) is 6.92 Å². The van der Waals surface area contributed by atoms with E-state index in [1.54, 1.807) is 6.92 Å². The highest BCUT2D eigenvalue weighted by molar-refractivity contribution is 5.79. The molecule has 2 unspecified atom stereocenters. The molecule has 5 nitrogen and oxygen atoms in total. The van der Waals surface area contributed by atoms with E-state index in [1.165, 1.54) is 0 Å². The first-order valence-corrected chi connectivity index (χ1v) is 8.33. The lowest BCUT2D eigenvalue weighted by molar-refractivity contribution is -0.149. The molecule has 0 radical (unpaired) electrons. The number of hydrogen-bond donors (Lipinski definition) is 1. The van der Waals surface area contributed by atoms with Gasteiger partial charge in [0.1, 0.15) is 5.54 Å². The third-order valence-electron chi connectivity index (χ3n) is 4.42. The number of rotatable bonds is 8. The molecule has 2 atom stereocenters. The molecule has 1 aliphatic heterocycles. The number of likely N-dealkylation sites (N-methyl/N-ethyl adjacent to an activating group) is 1. The first kappa shape index (κ1) is 18.4. The van der Waals surface area contributed by atoms with Gasteiger partial charge in [0.25, 0.3) is 0 Å². The van der Waals surface area contributed by atoms with Gasteiger partial charge in [-0.15, -0.1) is 0 Å². The topological polar surface area (TPSA) is 58.8 Å². The van der Waals surface area contributed by atoms with Gasteiger partial charge in [0.15, 0.2) is 0 Å². The summed E-state index contributed by atoms with van der Waals surface area (Å²) in [4.78, 5) is 16.8. The van der Waals surface area contributed by atoms with Crippen LogP contribution in [-0.2, 0) is 9.53 Å². The van der Waals surface area contributed by atoms with Crippen molar-refractivity contribution in [1.29, 1.82) is 0 Å². The lowest BCUT2D eigenvalue weighted by Gasteiger charge is -2.39. The van der Waals surface area contributed by atoms with Gasteiger partial charge in [0.05, 0.1) is 6.61 Å². The van der Waals surface area contributed by atoms with Crippen LogP contribution in [0.5, 0.6) is 0 Å². The highest BCUT2D eigenvalue weighted by atomic mass is 16.5. The number of nitrogens with two attached hydrogens (primary N) is 1. The minimum atomic E-state index is -0.843. The molecule has 1 saturated heterocycles. The first-order valence-electron chi connectivity index (χ1n) is 8.33. The molecule has 1 rings (SSSR count). The lowest BCUT2D eigenvalue weighted by atomic mass is 9.96. The average Bonchev–Trinajstić information content (AvgIpc) is 2.44. The minimum absolute atomic E-state index is 0.282. The Labute approximate surface area is 129 Å². The maximum absolute atomic E-state index is 11.7. The highest BCUT2D eigenvalue weighted by Crippen LogP contribution is 2.15. The van der Waals surface area contributed by atoms with Gasteiger partial charge in [-0.3, -0.25) is 9.69 Å². The standard InChI is InChI=1S/C16H33N3O2/c1-5-19-12-11-18(13-14(19)3)10-8-7-9-16(4,17)15(20)21-6-2/h14H,5-13,17H2,1-4H3. The van der Waals surface area contributed by atoms with E-state index in [2.05, 4.69) is 23.6 Å². The summed E-state index contributed by atoms with van der Waals surface area (Å²) >= 11 is 0. The predicted molar refractivity (Wildman–Crippen MR) is 86.2 cm³/mol. The van der Waals surface area contributed by atoms with Crippen LogP contribution in [0.1, 0.15) is 47.0 Å². The Bertz CT molecular complexity index is 321. The number of unbranched alkanes of at least 4 members (excludes halogenated alkanes) is 1. The van der Waals surface area contributed by atoms with Gasteiger partial charge >= 0.3 is 5.97 Å². The first-order chi connectivity index (χ1) is 9.90. The smallest absolute Gasteiger partial charge is 0.325 e. The molecule has 0 bridgehead atoms. The van der Waals surface area contributed by atoms with Crippen LogP contribution in [0.25, 0.3) is 0 Å². The summed E-state index contributed by atoms with van der Waals surface area (Å²) in [6, 6.07) is 0.642. The van der Waals surface area contributed by atoms with E-state index in [-0.39, 0.29) is 5.97 Å². The van der Waals surface area contributed by atoms with Gasteiger partial charge in [0.2, 0.25) is 0 Å². The molecular formula is C16H33N3O2. The Balaban J connectivity index is 2.21. The molecule has 0 aliphatic carbocycles. The van der Waals surface area contributed by atoms with E-state index in [0.717, 1.165) is 45.6 Å². The molecule has 0 saturated carbocycles. The van der Waals surface area contributed by atoms with Crippen molar-refractivity contribution in [1.82, 2.24) is 9.80 Å². The molecule has 0 spiro atoms. The van der Waals surface area contributed by atoms with Crippen LogP contribution < -0.4 is 5.73 Å². The van der Waals surface area contributed by atoms with Crippen LogP contribution in [-0.4, -0.2) is 66.7 Å². The monoisotopic (exact) mass is 299 g/mol. The van der Waals surface area contributed by atoms with E-state index in [4.69, 9.17) is 10.5 Å². The summed E-state index contributed by atoms with van der Waals surface area (Å²) in [7, 11) is 0. The summed E-state index contributed by atoms with van der Waals surface area (Å²) in [5, 5.41) is 0. The summed E-state index contributed by atoms with van der Waals surface area (Å²) < 4.78 is 5.01. The summed E-state index contributed by atoms with van der Waals surface area (Å²) in [6.07, 6.45) is 2.75. The van der Waals surface area contributed by atoms with E-state index in [9.17, 15) is 4.79 Å². The van der Waals surface area contributed by atoms with Crippen LogP contribution in [0.4, 0.5) is 0 Å². The fraction of sp³-hybridized carbons (Fsp3) is 0.938. The molecule has 1 aliphatic rings. The predicted octanol–water partition coefficient (Wildman–Crippen LogP) is 1.46. The number of hydrogen-bond acceptors (Lipinski definition) is 5. The molecule has 0 aromatic carbocycles. The average molecular weight is 299 g/mol. The lowest BCUT2D eigenvalue weighted by Crippen LogP contribution is -2.51.